The van der Waals surface area contributed by atoms with Crippen LogP contribution in [0.5, 0.6) is 0 Å². The van der Waals surface area contributed by atoms with Crippen molar-refractivity contribution in [3.63, 3.8) is 0 Å². The molecule has 41 valence electrons. The van der Waals surface area contributed by atoms with E-state index in [0.29, 0.717) is 0 Å². The van der Waals surface area contributed by atoms with Crippen LogP contribution in [0.15, 0.2) is 0 Å². The van der Waals surface area contributed by atoms with Gasteiger partial charge in [-0.3, -0.25) is 0 Å². The van der Waals surface area contributed by atoms with Gasteiger partial charge in [0.1, 0.15) is 0 Å². The molecule has 0 fully saturated rings. The van der Waals surface area contributed by atoms with E-state index in [-0.39, 0.29) is 0 Å². The summed E-state index contributed by atoms with van der Waals surface area (Å²) in [7, 11) is 3.46. The van der Waals surface area contributed by atoms with Crippen LogP contribution in [0.1, 0.15) is 26.7 Å². The molecule has 7 heavy (non-hydrogen) atoms. The molecule has 0 aliphatic heterocycles. The van der Waals surface area contributed by atoms with Crippen LogP contribution < -0.4 is 0 Å². The molecule has 0 aromatic rings. The summed E-state index contributed by atoms with van der Waals surface area (Å²) in [5.41, 5.74) is 0. The van der Waals surface area contributed by atoms with Crippen molar-refractivity contribution in [1.29, 1.82) is 0 Å². The topological polar surface area (TPSA) is 0 Å². The fraction of sp³-hybridized carbons (Fsp3) is 1.00. The van der Waals surface area contributed by atoms with E-state index in [4.69, 9.17) is 0 Å². The average molecular weight is 113 g/mol. The van der Waals surface area contributed by atoms with Crippen molar-refractivity contribution < 1.29 is 0 Å². The third-order valence-electron chi connectivity index (χ3n) is 1.13. The summed E-state index contributed by atoms with van der Waals surface area (Å²) in [5, 5.41) is 0. The van der Waals surface area contributed by atoms with Gasteiger partial charge in [-0.1, -0.05) is 32.7 Å². The Morgan fingerprint density at radius 3 is 2.29 bits per heavy atom. The molecule has 1 atom stereocenters. The maximum atomic E-state index is 3.46. The van der Waals surface area contributed by atoms with Crippen LogP contribution in [0, 0.1) is 5.92 Å². The molecule has 0 nitrogen and oxygen atoms in total. The smallest absolute Gasteiger partial charge is 0.0225 e. The summed E-state index contributed by atoms with van der Waals surface area (Å²) in [6, 6.07) is 1.15. The fourth-order valence-electron chi connectivity index (χ4n) is 0.595. The largest absolute Gasteiger partial charge is 0.0654 e. The van der Waals surface area contributed by atoms with E-state index >= 15 is 0 Å². The lowest BCUT2D eigenvalue weighted by Gasteiger charge is -2.02. The van der Waals surface area contributed by atoms with Gasteiger partial charge in [-0.05, 0) is 5.92 Å². The minimum Gasteiger partial charge on any atom is -0.0654 e. The maximum Gasteiger partial charge on any atom is 0.0225 e. The zero-order valence-electron chi connectivity index (χ0n) is 5.20. The SMILES string of the molecule is CCCC(C)C[Si]. The van der Waals surface area contributed by atoms with Crippen molar-refractivity contribution in [2.24, 2.45) is 5.92 Å². The van der Waals surface area contributed by atoms with E-state index in [9.17, 15) is 0 Å². The second kappa shape index (κ2) is 4.38. The Kier molecular flexibility index (Phi) is 4.51. The summed E-state index contributed by atoms with van der Waals surface area (Å²) in [4.78, 5) is 0. The van der Waals surface area contributed by atoms with Crippen molar-refractivity contribution >= 4 is 10.2 Å². The highest BCUT2D eigenvalue weighted by molar-refractivity contribution is 6.08. The monoisotopic (exact) mass is 113 g/mol. The number of rotatable bonds is 3. The molecule has 0 aliphatic carbocycles. The van der Waals surface area contributed by atoms with Crippen LogP contribution in [-0.4, -0.2) is 10.2 Å². The van der Waals surface area contributed by atoms with E-state index in [1.54, 1.807) is 0 Å². The molecule has 0 aromatic carbocycles. The summed E-state index contributed by atoms with van der Waals surface area (Å²) in [6.45, 7) is 4.48. The zero-order chi connectivity index (χ0) is 5.70. The van der Waals surface area contributed by atoms with E-state index < -0.39 is 0 Å². The van der Waals surface area contributed by atoms with E-state index in [0.717, 1.165) is 12.0 Å². The van der Waals surface area contributed by atoms with E-state index in [2.05, 4.69) is 24.1 Å². The van der Waals surface area contributed by atoms with Gasteiger partial charge in [0.15, 0.2) is 0 Å². The van der Waals surface area contributed by atoms with Gasteiger partial charge in [-0.15, -0.1) is 0 Å². The summed E-state index contributed by atoms with van der Waals surface area (Å²) >= 11 is 0. The van der Waals surface area contributed by atoms with E-state index in [1.165, 1.54) is 12.8 Å². The molecule has 3 radical (unpaired) electrons. The first kappa shape index (κ1) is 7.22. The third-order valence-corrected chi connectivity index (χ3v) is 1.83. The van der Waals surface area contributed by atoms with Crippen molar-refractivity contribution in [3.8, 4) is 0 Å². The molecule has 1 unspecified atom stereocenters. The number of hydrogen-bond acceptors (Lipinski definition) is 0. The van der Waals surface area contributed by atoms with Crippen molar-refractivity contribution in [2.75, 3.05) is 0 Å². The molecule has 0 saturated heterocycles. The van der Waals surface area contributed by atoms with Gasteiger partial charge >= 0.3 is 0 Å². The second-order valence-corrected chi connectivity index (χ2v) is 2.51. The standard InChI is InChI=1S/C6H13Si/c1-3-4-6(2)5-7/h6H,3-5H2,1-2H3. The van der Waals surface area contributed by atoms with Crippen molar-refractivity contribution in [1.82, 2.24) is 0 Å². The molecule has 0 N–H and O–H groups in total. The Labute approximate surface area is 49.7 Å². The van der Waals surface area contributed by atoms with Gasteiger partial charge in [0.2, 0.25) is 0 Å². The fourth-order valence-corrected chi connectivity index (χ4v) is 0.799. The molecule has 0 aromatic heterocycles. The molecule has 1 heteroatoms. The lowest BCUT2D eigenvalue weighted by molar-refractivity contribution is 0.576. The summed E-state index contributed by atoms with van der Waals surface area (Å²) < 4.78 is 0. The van der Waals surface area contributed by atoms with E-state index in [1.807, 2.05) is 0 Å². The molecule has 0 aliphatic rings. The Bertz CT molecular complexity index is 35.2. The molecular weight excluding hydrogens is 100 g/mol. The van der Waals surface area contributed by atoms with Crippen LogP contribution in [0.2, 0.25) is 6.04 Å². The first-order valence-corrected chi connectivity index (χ1v) is 3.66. The van der Waals surface area contributed by atoms with Gasteiger partial charge in [-0.25, -0.2) is 0 Å². The Morgan fingerprint density at radius 2 is 2.14 bits per heavy atom. The normalized spacial score (nSPS) is 14.1. The Balaban J connectivity index is 2.83. The van der Waals surface area contributed by atoms with Crippen LogP contribution >= 0.6 is 0 Å². The lowest BCUT2D eigenvalue weighted by Crippen LogP contribution is -1.90. The van der Waals surface area contributed by atoms with Crippen molar-refractivity contribution in [2.45, 2.75) is 32.7 Å². The van der Waals surface area contributed by atoms with Crippen LogP contribution in [-0.2, 0) is 0 Å². The van der Waals surface area contributed by atoms with Crippen molar-refractivity contribution in [3.05, 3.63) is 0 Å². The Hall–Kier alpha value is 0.217. The molecule has 0 amide bonds. The minimum absolute atomic E-state index is 0.863. The number of hydrogen-bond donors (Lipinski definition) is 0. The van der Waals surface area contributed by atoms with Gasteiger partial charge in [0.25, 0.3) is 0 Å². The second-order valence-electron chi connectivity index (χ2n) is 2.10. The quantitative estimate of drug-likeness (QED) is 0.491. The zero-order valence-corrected chi connectivity index (χ0v) is 6.20. The third kappa shape index (κ3) is 4.06. The van der Waals surface area contributed by atoms with Gasteiger partial charge in [0, 0.05) is 10.2 Å². The highest BCUT2D eigenvalue weighted by Gasteiger charge is 1.92. The lowest BCUT2D eigenvalue weighted by atomic mass is 10.1. The first-order valence-electron chi connectivity index (χ1n) is 2.95. The first-order chi connectivity index (χ1) is 3.31. The van der Waals surface area contributed by atoms with Crippen LogP contribution in [0.4, 0.5) is 0 Å². The van der Waals surface area contributed by atoms with Gasteiger partial charge in [0.05, 0.1) is 0 Å². The highest BCUT2D eigenvalue weighted by Crippen LogP contribution is 2.06. The highest BCUT2D eigenvalue weighted by atomic mass is 28.1. The van der Waals surface area contributed by atoms with Gasteiger partial charge in [-0.2, -0.15) is 0 Å². The molecule has 0 heterocycles. The Morgan fingerprint density at radius 1 is 1.57 bits per heavy atom. The predicted molar refractivity (Wildman–Crippen MR) is 34.6 cm³/mol. The molecule has 0 spiro atoms. The average Bonchev–Trinajstić information content (AvgIpc) is 1.68. The molecule has 0 bridgehead atoms. The van der Waals surface area contributed by atoms with Gasteiger partial charge < -0.3 is 0 Å². The predicted octanol–water partition coefficient (Wildman–Crippen LogP) is 2.01. The molecule has 0 rings (SSSR count). The van der Waals surface area contributed by atoms with Crippen LogP contribution in [0.3, 0.4) is 0 Å². The molecule has 0 saturated carbocycles. The molecular formula is C6H13Si. The summed E-state index contributed by atoms with van der Waals surface area (Å²) in [6.07, 6.45) is 2.66. The summed E-state index contributed by atoms with van der Waals surface area (Å²) in [5.74, 6) is 0.863. The minimum atomic E-state index is 0.863. The maximum absolute atomic E-state index is 3.46. The van der Waals surface area contributed by atoms with Crippen LogP contribution in [0.25, 0.3) is 0 Å².